The zero-order valence-corrected chi connectivity index (χ0v) is 13.1. The van der Waals surface area contributed by atoms with Crippen LogP contribution in [0.1, 0.15) is 44.2 Å². The number of hydrogen-bond donors (Lipinski definition) is 1. The molecule has 1 unspecified atom stereocenters. The van der Waals surface area contributed by atoms with Gasteiger partial charge in [0.1, 0.15) is 0 Å². The molecular weight excluding hydrogens is 258 g/mol. The van der Waals surface area contributed by atoms with Crippen LogP contribution in [-0.4, -0.2) is 19.3 Å². The van der Waals surface area contributed by atoms with Gasteiger partial charge in [-0.1, -0.05) is 49.4 Å². The average Bonchev–Trinajstić information content (AvgIpc) is 2.49. The predicted octanol–water partition coefficient (Wildman–Crippen LogP) is 4.45. The highest BCUT2D eigenvalue weighted by atomic mass is 16.5. The third kappa shape index (κ3) is 2.58. The Morgan fingerprint density at radius 1 is 1.14 bits per heavy atom. The number of rotatable bonds is 6. The monoisotopic (exact) mass is 283 g/mol. The molecule has 0 bridgehead atoms. The van der Waals surface area contributed by atoms with Crippen LogP contribution in [0.4, 0.5) is 0 Å². The summed E-state index contributed by atoms with van der Waals surface area (Å²) in [4.78, 5) is 0. The van der Waals surface area contributed by atoms with Crippen LogP contribution in [0, 0.1) is 0 Å². The molecule has 0 amide bonds. The lowest BCUT2D eigenvalue weighted by Gasteiger charge is -2.47. The van der Waals surface area contributed by atoms with Gasteiger partial charge in [0.05, 0.1) is 11.6 Å². The van der Waals surface area contributed by atoms with E-state index in [1.54, 1.807) is 0 Å². The highest BCUT2D eigenvalue weighted by molar-refractivity contribution is 5.86. The fourth-order valence-electron chi connectivity index (χ4n) is 3.51. The largest absolute Gasteiger partial charge is 0.376 e. The second-order valence-corrected chi connectivity index (χ2v) is 6.08. The molecule has 2 heteroatoms. The van der Waals surface area contributed by atoms with Crippen molar-refractivity contribution in [3.05, 3.63) is 48.0 Å². The molecular formula is C19H25NO. The SMILES string of the molecule is CCCNC(c1cccc2ccccc12)C1(OC)CCC1. The maximum atomic E-state index is 5.97. The fraction of sp³-hybridized carbons (Fsp3) is 0.474. The Bertz CT molecular complexity index is 593. The molecule has 0 aliphatic heterocycles. The maximum absolute atomic E-state index is 5.97. The van der Waals surface area contributed by atoms with Gasteiger partial charge in [-0.15, -0.1) is 0 Å². The molecule has 1 saturated carbocycles. The summed E-state index contributed by atoms with van der Waals surface area (Å²) in [6.45, 7) is 3.24. The van der Waals surface area contributed by atoms with E-state index in [9.17, 15) is 0 Å². The summed E-state index contributed by atoms with van der Waals surface area (Å²) in [6, 6.07) is 15.6. The molecule has 1 atom stereocenters. The summed E-state index contributed by atoms with van der Waals surface area (Å²) in [5, 5.41) is 6.40. The fourth-order valence-corrected chi connectivity index (χ4v) is 3.51. The quantitative estimate of drug-likeness (QED) is 0.845. The predicted molar refractivity (Wildman–Crippen MR) is 88.6 cm³/mol. The normalized spacial score (nSPS) is 18.4. The summed E-state index contributed by atoms with van der Waals surface area (Å²) in [5.41, 5.74) is 1.35. The molecule has 0 aromatic heterocycles. The summed E-state index contributed by atoms with van der Waals surface area (Å²) in [7, 11) is 1.87. The third-order valence-corrected chi connectivity index (χ3v) is 4.87. The van der Waals surface area contributed by atoms with Crippen LogP contribution in [0.3, 0.4) is 0 Å². The first-order chi connectivity index (χ1) is 10.3. The highest BCUT2D eigenvalue weighted by Gasteiger charge is 2.45. The first kappa shape index (κ1) is 14.6. The molecule has 21 heavy (non-hydrogen) atoms. The van der Waals surface area contributed by atoms with Crippen LogP contribution < -0.4 is 5.32 Å². The molecule has 2 aromatic carbocycles. The molecule has 1 aliphatic rings. The van der Waals surface area contributed by atoms with Gasteiger partial charge in [-0.25, -0.2) is 0 Å². The molecule has 0 radical (unpaired) electrons. The molecule has 1 N–H and O–H groups in total. The van der Waals surface area contributed by atoms with Crippen molar-refractivity contribution in [2.45, 2.75) is 44.2 Å². The standard InChI is InChI=1S/C19H25NO/c1-3-14-20-18(19(21-2)12-7-13-19)17-11-6-9-15-8-4-5-10-16(15)17/h4-6,8-11,18,20H,3,7,12-14H2,1-2H3. The number of fused-ring (bicyclic) bond motifs is 1. The lowest BCUT2D eigenvalue weighted by molar-refractivity contribution is -0.0994. The van der Waals surface area contributed by atoms with Crippen LogP contribution >= 0.6 is 0 Å². The Kier molecular flexibility index (Phi) is 4.27. The Labute approximate surface area is 127 Å². The maximum Gasteiger partial charge on any atom is 0.0872 e. The van der Waals surface area contributed by atoms with Crippen molar-refractivity contribution >= 4 is 10.8 Å². The third-order valence-electron chi connectivity index (χ3n) is 4.87. The Morgan fingerprint density at radius 2 is 1.90 bits per heavy atom. The number of nitrogens with one attached hydrogen (secondary N) is 1. The second kappa shape index (κ2) is 6.17. The van der Waals surface area contributed by atoms with Crippen LogP contribution in [0.2, 0.25) is 0 Å². The number of benzene rings is 2. The summed E-state index contributed by atoms with van der Waals surface area (Å²) >= 11 is 0. The topological polar surface area (TPSA) is 21.3 Å². The van der Waals surface area contributed by atoms with Crippen LogP contribution in [0.15, 0.2) is 42.5 Å². The Hall–Kier alpha value is -1.38. The van der Waals surface area contributed by atoms with E-state index in [0.717, 1.165) is 25.8 Å². The first-order valence-corrected chi connectivity index (χ1v) is 8.07. The smallest absolute Gasteiger partial charge is 0.0872 e. The van der Waals surface area contributed by atoms with Gasteiger partial charge in [0.25, 0.3) is 0 Å². The molecule has 2 nitrogen and oxygen atoms in total. The van der Waals surface area contributed by atoms with Crippen molar-refractivity contribution in [1.82, 2.24) is 5.32 Å². The van der Waals surface area contributed by atoms with Crippen molar-refractivity contribution in [3.8, 4) is 0 Å². The number of ether oxygens (including phenoxy) is 1. The summed E-state index contributed by atoms with van der Waals surface area (Å²) in [5.74, 6) is 0. The van der Waals surface area contributed by atoms with Gasteiger partial charge in [0, 0.05) is 7.11 Å². The van der Waals surface area contributed by atoms with Gasteiger partial charge in [-0.05, 0) is 48.6 Å². The minimum absolute atomic E-state index is 0.0285. The minimum atomic E-state index is -0.0285. The second-order valence-electron chi connectivity index (χ2n) is 6.08. The molecule has 2 aromatic rings. The van der Waals surface area contributed by atoms with Gasteiger partial charge in [-0.2, -0.15) is 0 Å². The van der Waals surface area contributed by atoms with E-state index < -0.39 is 0 Å². The molecule has 3 rings (SSSR count). The summed E-state index contributed by atoms with van der Waals surface area (Å²) in [6.07, 6.45) is 4.70. The van der Waals surface area contributed by atoms with E-state index >= 15 is 0 Å². The van der Waals surface area contributed by atoms with Crippen molar-refractivity contribution in [2.24, 2.45) is 0 Å². The van der Waals surface area contributed by atoms with Gasteiger partial charge >= 0.3 is 0 Å². The Balaban J connectivity index is 2.05. The molecule has 1 aliphatic carbocycles. The van der Waals surface area contributed by atoms with Crippen LogP contribution in [0.25, 0.3) is 10.8 Å². The number of hydrogen-bond acceptors (Lipinski definition) is 2. The van der Waals surface area contributed by atoms with E-state index in [4.69, 9.17) is 4.74 Å². The van der Waals surface area contributed by atoms with E-state index in [0.29, 0.717) is 0 Å². The van der Waals surface area contributed by atoms with E-state index in [1.165, 1.54) is 22.8 Å². The average molecular weight is 283 g/mol. The molecule has 112 valence electrons. The first-order valence-electron chi connectivity index (χ1n) is 8.07. The number of methoxy groups -OCH3 is 1. The van der Waals surface area contributed by atoms with Gasteiger partial charge in [0.2, 0.25) is 0 Å². The minimum Gasteiger partial charge on any atom is -0.376 e. The highest BCUT2D eigenvalue weighted by Crippen LogP contribution is 2.46. The van der Waals surface area contributed by atoms with Crippen molar-refractivity contribution < 1.29 is 4.74 Å². The van der Waals surface area contributed by atoms with E-state index in [-0.39, 0.29) is 11.6 Å². The Morgan fingerprint density at radius 3 is 2.57 bits per heavy atom. The van der Waals surface area contributed by atoms with Crippen LogP contribution in [-0.2, 0) is 4.74 Å². The molecule has 0 heterocycles. The van der Waals surface area contributed by atoms with Crippen molar-refractivity contribution in [3.63, 3.8) is 0 Å². The van der Waals surface area contributed by atoms with E-state index in [2.05, 4.69) is 54.7 Å². The lowest BCUT2D eigenvalue weighted by atomic mass is 9.71. The van der Waals surface area contributed by atoms with Gasteiger partial charge in [-0.3, -0.25) is 0 Å². The zero-order valence-electron chi connectivity index (χ0n) is 13.1. The van der Waals surface area contributed by atoms with Gasteiger partial charge < -0.3 is 10.1 Å². The molecule has 1 fully saturated rings. The van der Waals surface area contributed by atoms with Gasteiger partial charge in [0.15, 0.2) is 0 Å². The van der Waals surface area contributed by atoms with Crippen LogP contribution in [0.5, 0.6) is 0 Å². The van der Waals surface area contributed by atoms with Crippen molar-refractivity contribution in [1.29, 1.82) is 0 Å². The molecule has 0 saturated heterocycles. The zero-order chi connectivity index (χ0) is 14.7. The molecule has 0 spiro atoms. The lowest BCUT2D eigenvalue weighted by Crippen LogP contribution is -2.50. The van der Waals surface area contributed by atoms with Crippen molar-refractivity contribution in [2.75, 3.05) is 13.7 Å². The summed E-state index contributed by atoms with van der Waals surface area (Å²) < 4.78 is 5.97. The van der Waals surface area contributed by atoms with E-state index in [1.807, 2.05) is 7.11 Å².